The minimum atomic E-state index is -2.62. The fourth-order valence-electron chi connectivity index (χ4n) is 13.8. The maximum atomic E-state index is 13.8. The van der Waals surface area contributed by atoms with E-state index in [-0.39, 0.29) is 64.6 Å². The van der Waals surface area contributed by atoms with Crippen LogP contribution in [0.4, 0.5) is 13.6 Å². The Balaban J connectivity index is 1.22. The lowest BCUT2D eigenvalue weighted by Crippen LogP contribution is -2.69. The topological polar surface area (TPSA) is 105 Å². The van der Waals surface area contributed by atoms with Gasteiger partial charge in [-0.15, -0.1) is 0 Å². The van der Waals surface area contributed by atoms with Gasteiger partial charge in [0.15, 0.2) is 0 Å². The van der Waals surface area contributed by atoms with Crippen LogP contribution in [-0.4, -0.2) is 46.7 Å². The number of hydrogen-bond acceptors (Lipinski definition) is 4. The van der Waals surface area contributed by atoms with Crippen molar-refractivity contribution in [3.63, 3.8) is 0 Å². The van der Waals surface area contributed by atoms with Crippen molar-refractivity contribution in [3.05, 3.63) is 12.2 Å². The van der Waals surface area contributed by atoms with E-state index in [4.69, 9.17) is 4.74 Å². The van der Waals surface area contributed by atoms with Crippen LogP contribution in [0.3, 0.4) is 0 Å². The zero-order valence-electron chi connectivity index (χ0n) is 32.7. The van der Waals surface area contributed by atoms with Crippen LogP contribution in [0, 0.1) is 56.7 Å². The smallest absolute Gasteiger partial charge is 0.315 e. The summed E-state index contributed by atoms with van der Waals surface area (Å²) in [6, 6.07) is -0.406. The SMILES string of the molecule is C=C(C)[C@@H]1CC[C@]2(NC(=O)NC3CCC(F)(F)CC3)CC[C@]3(C)C(CCC4C5(C)CC[C@H](OC(=O)CC(C)(C)C(=O)O)C(C)(C)C5CC[C@]43C)C12. The highest BCUT2D eigenvalue weighted by molar-refractivity contribution is 5.81. The number of hydrogen-bond donors (Lipinski definition) is 3. The molecule has 9 heteroatoms. The normalized spacial score (nSPS) is 43.0. The predicted molar refractivity (Wildman–Crippen MR) is 194 cm³/mol. The molecule has 6 saturated carbocycles. The first kappa shape index (κ1) is 38.5. The number of alkyl halides is 2. The van der Waals surface area contributed by atoms with E-state index in [1.807, 2.05) is 0 Å². The summed E-state index contributed by atoms with van der Waals surface area (Å²) in [5.41, 5.74) is -0.248. The first-order valence-corrected chi connectivity index (χ1v) is 20.1. The van der Waals surface area contributed by atoms with Crippen LogP contribution in [0.5, 0.6) is 0 Å². The van der Waals surface area contributed by atoms with Gasteiger partial charge in [0.25, 0.3) is 0 Å². The fraction of sp³-hybridized carbons (Fsp3) is 0.881. The summed E-state index contributed by atoms with van der Waals surface area (Å²) in [5.74, 6) is -2.07. The molecule has 10 atom stereocenters. The van der Waals surface area contributed by atoms with Crippen molar-refractivity contribution in [1.29, 1.82) is 0 Å². The third-order valence-electron chi connectivity index (χ3n) is 16.9. The summed E-state index contributed by atoms with van der Waals surface area (Å²) >= 11 is 0. The number of esters is 1. The number of amides is 2. The van der Waals surface area contributed by atoms with E-state index in [1.165, 1.54) is 5.57 Å². The van der Waals surface area contributed by atoms with Gasteiger partial charge < -0.3 is 20.5 Å². The molecule has 6 fully saturated rings. The molecule has 6 rings (SSSR count). The van der Waals surface area contributed by atoms with Gasteiger partial charge in [-0.3, -0.25) is 9.59 Å². The van der Waals surface area contributed by atoms with E-state index in [2.05, 4.69) is 58.8 Å². The third kappa shape index (κ3) is 6.24. The second-order valence-electron chi connectivity index (χ2n) is 20.3. The second-order valence-corrected chi connectivity index (χ2v) is 20.3. The van der Waals surface area contributed by atoms with Crippen molar-refractivity contribution in [1.82, 2.24) is 10.6 Å². The molecule has 51 heavy (non-hydrogen) atoms. The fourth-order valence-corrected chi connectivity index (χ4v) is 13.8. The number of urea groups is 1. The van der Waals surface area contributed by atoms with Crippen LogP contribution in [0.1, 0.15) is 152 Å². The van der Waals surface area contributed by atoms with Gasteiger partial charge in [0, 0.05) is 29.8 Å². The molecule has 6 aliphatic rings. The average Bonchev–Trinajstić information content (AvgIpc) is 3.39. The van der Waals surface area contributed by atoms with Crippen LogP contribution >= 0.6 is 0 Å². The average molecular weight is 717 g/mol. The largest absolute Gasteiger partial charge is 0.481 e. The first-order chi connectivity index (χ1) is 23.5. The van der Waals surface area contributed by atoms with E-state index in [1.54, 1.807) is 13.8 Å². The first-order valence-electron chi connectivity index (χ1n) is 20.1. The minimum Gasteiger partial charge on any atom is -0.481 e. The second kappa shape index (κ2) is 12.7. The molecular formula is C42H66F2N2O5. The number of fused-ring (bicyclic) bond motifs is 7. The lowest BCUT2D eigenvalue weighted by atomic mass is 9.32. The van der Waals surface area contributed by atoms with E-state index < -0.39 is 23.3 Å². The molecule has 288 valence electrons. The molecule has 7 nitrogen and oxygen atoms in total. The zero-order chi connectivity index (χ0) is 37.6. The number of carboxylic acid groups (broad SMARTS) is 1. The Morgan fingerprint density at radius 2 is 1.49 bits per heavy atom. The van der Waals surface area contributed by atoms with Crippen LogP contribution < -0.4 is 10.6 Å². The number of carbonyl (C=O) groups is 3. The van der Waals surface area contributed by atoms with E-state index in [0.29, 0.717) is 42.4 Å². The molecule has 0 radical (unpaired) electrons. The van der Waals surface area contributed by atoms with Gasteiger partial charge in [-0.2, -0.15) is 0 Å². The van der Waals surface area contributed by atoms with Crippen LogP contribution in [0.2, 0.25) is 0 Å². The Morgan fingerprint density at radius 1 is 0.824 bits per heavy atom. The van der Waals surface area contributed by atoms with Gasteiger partial charge >= 0.3 is 18.0 Å². The number of nitrogens with one attached hydrogen (secondary N) is 2. The highest BCUT2D eigenvalue weighted by atomic mass is 19.3. The molecule has 0 heterocycles. The lowest BCUT2D eigenvalue weighted by Gasteiger charge is -2.73. The number of allylic oxidation sites excluding steroid dienone is 1. The lowest BCUT2D eigenvalue weighted by molar-refractivity contribution is -0.246. The Hall–Kier alpha value is -2.19. The Bertz CT molecular complexity index is 1420. The van der Waals surface area contributed by atoms with E-state index in [9.17, 15) is 28.3 Å². The number of aliphatic carboxylic acids is 1. The number of ether oxygens (including phenoxy) is 1. The summed E-state index contributed by atoms with van der Waals surface area (Å²) in [6.45, 7) is 22.0. The van der Waals surface area contributed by atoms with Gasteiger partial charge in [0.1, 0.15) is 6.10 Å². The number of rotatable bonds is 7. The summed E-state index contributed by atoms with van der Waals surface area (Å²) in [5, 5.41) is 16.2. The maximum absolute atomic E-state index is 13.8. The van der Waals surface area contributed by atoms with Gasteiger partial charge in [-0.25, -0.2) is 13.6 Å². The summed E-state index contributed by atoms with van der Waals surface area (Å²) in [7, 11) is 0. The monoisotopic (exact) mass is 716 g/mol. The maximum Gasteiger partial charge on any atom is 0.315 e. The molecule has 5 unspecified atom stereocenters. The molecule has 0 aromatic rings. The molecule has 0 saturated heterocycles. The number of carboxylic acids is 1. The quantitative estimate of drug-likeness (QED) is 0.180. The van der Waals surface area contributed by atoms with Gasteiger partial charge in [-0.1, -0.05) is 46.8 Å². The summed E-state index contributed by atoms with van der Waals surface area (Å²) < 4.78 is 33.8. The van der Waals surface area contributed by atoms with Crippen molar-refractivity contribution >= 4 is 18.0 Å². The summed E-state index contributed by atoms with van der Waals surface area (Å²) in [4.78, 5) is 38.4. The zero-order valence-corrected chi connectivity index (χ0v) is 32.7. The van der Waals surface area contributed by atoms with Crippen molar-refractivity contribution in [3.8, 4) is 0 Å². The highest BCUT2D eigenvalue weighted by Gasteiger charge is 2.71. The minimum absolute atomic E-state index is 0.0824. The summed E-state index contributed by atoms with van der Waals surface area (Å²) in [6.07, 6.45) is 10.0. The third-order valence-corrected chi connectivity index (χ3v) is 16.9. The molecule has 0 aromatic heterocycles. The highest BCUT2D eigenvalue weighted by Crippen LogP contribution is 2.76. The van der Waals surface area contributed by atoms with Crippen molar-refractivity contribution in [2.75, 3.05) is 0 Å². The Labute approximate surface area is 305 Å². The van der Waals surface area contributed by atoms with Crippen LogP contribution in [0.25, 0.3) is 0 Å². The molecule has 3 N–H and O–H groups in total. The van der Waals surface area contributed by atoms with Gasteiger partial charge in [0.2, 0.25) is 5.92 Å². The van der Waals surface area contributed by atoms with Crippen molar-refractivity contribution < 1.29 is 33.0 Å². The molecule has 0 aliphatic heterocycles. The molecular weight excluding hydrogens is 650 g/mol. The molecule has 6 aliphatic carbocycles. The van der Waals surface area contributed by atoms with E-state index >= 15 is 0 Å². The Morgan fingerprint density at radius 3 is 2.12 bits per heavy atom. The van der Waals surface area contributed by atoms with Crippen molar-refractivity contribution in [2.45, 2.75) is 175 Å². The molecule has 0 bridgehead atoms. The van der Waals surface area contributed by atoms with E-state index in [0.717, 1.165) is 64.2 Å². The number of carbonyl (C=O) groups excluding carboxylic acids is 2. The number of halogens is 2. The standard InChI is InChI=1S/C42H66F2N2O5/c1-25(2)27-14-19-41(46-35(50)45-26-12-20-42(43,44)21-13-26)23-22-39(8)28(33(27)41)10-11-30-38(7)17-16-31(51-32(47)24-36(3,4)34(48)49)37(5,6)29(38)15-18-40(30,39)9/h26-31,33H,1,10-24H2,2-9H3,(H,48,49)(H2,45,46,50)/t27-,28?,29?,30?,31-,33?,38?,39+,40+,41-/m0/s1. The van der Waals surface area contributed by atoms with Crippen molar-refractivity contribution in [2.24, 2.45) is 56.7 Å². The molecule has 0 spiro atoms. The Kier molecular flexibility index (Phi) is 9.60. The molecule has 2 amide bonds. The van der Waals surface area contributed by atoms with Crippen LogP contribution in [-0.2, 0) is 14.3 Å². The van der Waals surface area contributed by atoms with Gasteiger partial charge in [0.05, 0.1) is 11.8 Å². The molecule has 0 aromatic carbocycles. The van der Waals surface area contributed by atoms with Gasteiger partial charge in [-0.05, 0) is 144 Å². The predicted octanol–water partition coefficient (Wildman–Crippen LogP) is 9.69. The van der Waals surface area contributed by atoms with Crippen LogP contribution in [0.15, 0.2) is 12.2 Å².